The van der Waals surface area contributed by atoms with Gasteiger partial charge in [0, 0.05) is 5.69 Å². The number of nitriles is 2. The van der Waals surface area contributed by atoms with Crippen LogP contribution in [0.2, 0.25) is 0 Å². The molecule has 1 atom stereocenters. The summed E-state index contributed by atoms with van der Waals surface area (Å²) in [6, 6.07) is 13.1. The zero-order chi connectivity index (χ0) is 25.5. The molecule has 0 unspecified atom stereocenters. The molecule has 0 aliphatic carbocycles. The Morgan fingerprint density at radius 2 is 1.94 bits per heavy atom. The van der Waals surface area contributed by atoms with Crippen molar-refractivity contribution in [3.8, 4) is 17.9 Å². The molecule has 1 aliphatic rings. The minimum absolute atomic E-state index is 0.0800. The van der Waals surface area contributed by atoms with Crippen molar-refractivity contribution in [1.82, 2.24) is 4.98 Å². The molecule has 8 nitrogen and oxygen atoms in total. The molecule has 0 amide bonds. The lowest BCUT2D eigenvalue weighted by Gasteiger charge is -2.28. The number of hydrogen-bond acceptors (Lipinski definition) is 9. The van der Waals surface area contributed by atoms with Crippen molar-refractivity contribution in [2.24, 2.45) is 5.73 Å². The third-order valence-corrected chi connectivity index (χ3v) is 6.51. The first-order chi connectivity index (χ1) is 16.9. The van der Waals surface area contributed by atoms with Crippen LogP contribution in [0.3, 0.4) is 0 Å². The largest absolute Gasteiger partial charge is 0.497 e. The summed E-state index contributed by atoms with van der Waals surface area (Å²) in [5.74, 6) is -0.403. The number of aromatic nitrogens is 1. The van der Waals surface area contributed by atoms with Gasteiger partial charge >= 0.3 is 5.97 Å². The van der Waals surface area contributed by atoms with Crippen molar-refractivity contribution >= 4 is 17.7 Å². The van der Waals surface area contributed by atoms with E-state index in [0.717, 1.165) is 17.7 Å². The highest BCUT2D eigenvalue weighted by atomic mass is 32.2. The van der Waals surface area contributed by atoms with Crippen molar-refractivity contribution < 1.29 is 19.0 Å². The van der Waals surface area contributed by atoms with Crippen molar-refractivity contribution in [1.29, 1.82) is 10.5 Å². The molecule has 1 aromatic heterocycles. The van der Waals surface area contributed by atoms with E-state index in [1.807, 2.05) is 13.8 Å². The minimum Gasteiger partial charge on any atom is -0.497 e. The molecule has 0 bridgehead atoms. The predicted molar refractivity (Wildman–Crippen MR) is 131 cm³/mol. The van der Waals surface area contributed by atoms with Gasteiger partial charge in [-0.05, 0) is 49.6 Å². The fourth-order valence-corrected chi connectivity index (χ4v) is 4.72. The monoisotopic (exact) mass is 490 g/mol. The van der Waals surface area contributed by atoms with Gasteiger partial charge in [-0.1, -0.05) is 30.8 Å². The lowest BCUT2D eigenvalue weighted by molar-refractivity contribution is -0.139. The maximum atomic E-state index is 13.1. The van der Waals surface area contributed by atoms with Gasteiger partial charge in [-0.15, -0.1) is 0 Å². The second-order valence-corrected chi connectivity index (χ2v) is 8.58. The number of thioether (sulfide) groups is 1. The van der Waals surface area contributed by atoms with Crippen LogP contribution in [-0.2, 0) is 20.7 Å². The van der Waals surface area contributed by atoms with Crippen LogP contribution in [0.1, 0.15) is 42.1 Å². The number of rotatable bonds is 8. The first-order valence-electron chi connectivity index (χ1n) is 11.0. The summed E-state index contributed by atoms with van der Waals surface area (Å²) in [7, 11) is 1.56. The molecule has 0 radical (unpaired) electrons. The average molecular weight is 491 g/mol. The van der Waals surface area contributed by atoms with Gasteiger partial charge in [0.1, 0.15) is 34.2 Å². The summed E-state index contributed by atoms with van der Waals surface area (Å²) in [5, 5.41) is 20.0. The summed E-state index contributed by atoms with van der Waals surface area (Å²) < 4.78 is 16.4. The molecule has 1 aromatic carbocycles. The van der Waals surface area contributed by atoms with Crippen LogP contribution in [0.4, 0.5) is 0 Å². The number of carbonyl (C=O) groups is 1. The minimum atomic E-state index is -0.776. The average Bonchev–Trinajstić information content (AvgIpc) is 2.87. The molecule has 2 aromatic rings. The smallest absolute Gasteiger partial charge is 0.338 e. The molecule has 0 spiro atoms. The number of carbonyl (C=O) groups excluding carboxylic acids is 1. The van der Waals surface area contributed by atoms with Crippen LogP contribution in [0.25, 0.3) is 0 Å². The molecule has 0 saturated heterocycles. The molecule has 2 N–H and O–H groups in total. The predicted octanol–water partition coefficient (Wildman–Crippen LogP) is 4.25. The molecule has 35 heavy (non-hydrogen) atoms. The van der Waals surface area contributed by atoms with Gasteiger partial charge in [0.2, 0.25) is 5.88 Å². The Kier molecular flexibility index (Phi) is 8.40. The number of nitrogens with two attached hydrogens (primary N) is 1. The van der Waals surface area contributed by atoms with Gasteiger partial charge < -0.3 is 19.9 Å². The van der Waals surface area contributed by atoms with E-state index in [-0.39, 0.29) is 35.1 Å². The van der Waals surface area contributed by atoms with E-state index in [4.69, 9.17) is 19.9 Å². The molecular formula is C26H26N4O4S. The Bertz CT molecular complexity index is 1270. The number of hydrogen-bond donors (Lipinski definition) is 1. The number of ether oxygens (including phenoxy) is 3. The van der Waals surface area contributed by atoms with Gasteiger partial charge in [0.05, 0.1) is 36.5 Å². The molecule has 1 aliphatic heterocycles. The summed E-state index contributed by atoms with van der Waals surface area (Å²) in [5.41, 5.74) is 9.38. The van der Waals surface area contributed by atoms with E-state index in [2.05, 4.69) is 17.1 Å². The second kappa shape index (κ2) is 11.5. The number of nitrogens with zero attached hydrogens (tertiary/aromatic N) is 3. The number of aryl methyl sites for hydroxylation is 2. The molecule has 3 rings (SSSR count). The first kappa shape index (κ1) is 25.7. The molecule has 2 heterocycles. The molecule has 9 heteroatoms. The highest BCUT2D eigenvalue weighted by Crippen LogP contribution is 2.41. The maximum Gasteiger partial charge on any atom is 0.338 e. The van der Waals surface area contributed by atoms with Crippen molar-refractivity contribution in [2.45, 2.75) is 38.1 Å². The molecular weight excluding hydrogens is 464 g/mol. The maximum absolute atomic E-state index is 13.1. The lowest BCUT2D eigenvalue weighted by atomic mass is 9.83. The Morgan fingerprint density at radius 1 is 1.23 bits per heavy atom. The standard InChI is InChI=1S/C26H26N4O4S/c1-5-20-15(3)11-17(12-27)25(30-20)35-14-21-23(26(31)33-6-2)22(19(13-28)24(29)34-21)16-7-9-18(32-4)10-8-16/h7-11,22H,5-6,14,29H2,1-4H3/t22-/m1/s1. The highest BCUT2D eigenvalue weighted by Gasteiger charge is 2.37. The van der Waals surface area contributed by atoms with Crippen LogP contribution in [0.5, 0.6) is 5.75 Å². The van der Waals surface area contributed by atoms with Gasteiger partial charge in [-0.2, -0.15) is 10.5 Å². The topological polar surface area (TPSA) is 131 Å². The van der Waals surface area contributed by atoms with Crippen LogP contribution in [-0.4, -0.2) is 30.4 Å². The van der Waals surface area contributed by atoms with Gasteiger partial charge in [0.15, 0.2) is 0 Å². The van der Waals surface area contributed by atoms with Crippen LogP contribution in [0, 0.1) is 29.6 Å². The van der Waals surface area contributed by atoms with Crippen molar-refractivity contribution in [3.63, 3.8) is 0 Å². The zero-order valence-electron chi connectivity index (χ0n) is 20.0. The zero-order valence-corrected chi connectivity index (χ0v) is 20.9. The number of pyridine rings is 1. The molecule has 0 fully saturated rings. The Balaban J connectivity index is 2.10. The van der Waals surface area contributed by atoms with Crippen LogP contribution < -0.4 is 10.5 Å². The Morgan fingerprint density at radius 3 is 2.51 bits per heavy atom. The van der Waals surface area contributed by atoms with Gasteiger partial charge in [0.25, 0.3) is 0 Å². The van der Waals surface area contributed by atoms with Crippen LogP contribution >= 0.6 is 11.8 Å². The third-order valence-electron chi connectivity index (χ3n) is 5.52. The number of esters is 1. The summed E-state index contributed by atoms with van der Waals surface area (Å²) in [6.07, 6.45) is 0.721. The van der Waals surface area contributed by atoms with E-state index < -0.39 is 11.9 Å². The summed E-state index contributed by atoms with van der Waals surface area (Å²) in [4.78, 5) is 17.8. The fraction of sp³-hybridized carbons (Fsp3) is 0.308. The number of benzene rings is 1. The van der Waals surface area contributed by atoms with Crippen LogP contribution in [0.15, 0.2) is 58.1 Å². The molecule has 0 saturated carbocycles. The van der Waals surface area contributed by atoms with Crippen molar-refractivity contribution in [2.75, 3.05) is 19.5 Å². The van der Waals surface area contributed by atoms with E-state index in [0.29, 0.717) is 21.9 Å². The summed E-state index contributed by atoms with van der Waals surface area (Å²) >= 11 is 1.26. The first-order valence-corrected chi connectivity index (χ1v) is 12.0. The highest BCUT2D eigenvalue weighted by molar-refractivity contribution is 7.99. The van der Waals surface area contributed by atoms with Gasteiger partial charge in [-0.25, -0.2) is 9.78 Å². The third kappa shape index (κ3) is 5.42. The fourth-order valence-electron chi connectivity index (χ4n) is 3.80. The van der Waals surface area contributed by atoms with E-state index in [1.54, 1.807) is 44.4 Å². The lowest BCUT2D eigenvalue weighted by Crippen LogP contribution is -2.27. The normalized spacial score (nSPS) is 15.2. The number of methoxy groups -OCH3 is 1. The number of allylic oxidation sites excluding steroid dienone is 1. The molecule has 180 valence electrons. The SMILES string of the molecule is CCOC(=O)C1=C(CSc2nc(CC)c(C)cc2C#N)OC(N)=C(C#N)[C@H]1c1ccc(OC)cc1. The summed E-state index contributed by atoms with van der Waals surface area (Å²) in [6.45, 7) is 5.77. The Hall–Kier alpha value is -3.95. The van der Waals surface area contributed by atoms with Gasteiger partial charge in [-0.3, -0.25) is 0 Å². The quantitative estimate of drug-likeness (QED) is 0.426. The van der Waals surface area contributed by atoms with E-state index >= 15 is 0 Å². The second-order valence-electron chi connectivity index (χ2n) is 7.61. The van der Waals surface area contributed by atoms with E-state index in [9.17, 15) is 15.3 Å². The van der Waals surface area contributed by atoms with E-state index in [1.165, 1.54) is 11.8 Å². The Labute approximate surface area is 209 Å². The van der Waals surface area contributed by atoms with Crippen molar-refractivity contribution in [3.05, 3.63) is 75.5 Å².